The number of hydrogen-bond donors (Lipinski definition) is 2. The van der Waals surface area contributed by atoms with Gasteiger partial charge in [-0.2, -0.15) is 0 Å². The van der Waals surface area contributed by atoms with Crippen LogP contribution in [0, 0.1) is 0 Å². The molecule has 0 radical (unpaired) electrons. The Balaban J connectivity index is 0.00000108. The number of aromatic amines is 1. The van der Waals surface area contributed by atoms with Crippen LogP contribution in [0.15, 0.2) is 27.8 Å². The minimum atomic E-state index is -0.363. The number of aromatic nitrogens is 2. The highest BCUT2D eigenvalue weighted by Crippen LogP contribution is 2.27. The van der Waals surface area contributed by atoms with Gasteiger partial charge in [0.2, 0.25) is 0 Å². The molecule has 2 aromatic rings. The van der Waals surface area contributed by atoms with E-state index in [-0.39, 0.29) is 29.7 Å². The fraction of sp³-hybridized carbons (Fsp3) is 0.273. The molecular formula is C11H12ClN3O2. The number of nitrogens with one attached hydrogen (secondary N) is 1. The van der Waals surface area contributed by atoms with E-state index in [1.54, 1.807) is 10.6 Å². The molecule has 1 aromatic carbocycles. The minimum absolute atomic E-state index is 0. The average molecular weight is 254 g/mol. The second-order valence-electron chi connectivity index (χ2n) is 4.04. The molecule has 2 heterocycles. The molecule has 0 fully saturated rings. The topological polar surface area (TPSA) is 80.9 Å². The van der Waals surface area contributed by atoms with E-state index in [9.17, 15) is 9.59 Å². The van der Waals surface area contributed by atoms with E-state index >= 15 is 0 Å². The van der Waals surface area contributed by atoms with Gasteiger partial charge in [-0.05, 0) is 18.1 Å². The molecule has 3 N–H and O–H groups in total. The Bertz CT molecular complexity index is 689. The number of benzene rings is 1. The molecule has 90 valence electrons. The van der Waals surface area contributed by atoms with Crippen molar-refractivity contribution in [3.05, 3.63) is 44.6 Å². The van der Waals surface area contributed by atoms with Gasteiger partial charge in [0.15, 0.2) is 0 Å². The van der Waals surface area contributed by atoms with Crippen molar-refractivity contribution in [2.24, 2.45) is 5.73 Å². The van der Waals surface area contributed by atoms with Gasteiger partial charge in [-0.15, -0.1) is 12.4 Å². The van der Waals surface area contributed by atoms with Crippen molar-refractivity contribution in [1.82, 2.24) is 9.55 Å². The van der Waals surface area contributed by atoms with Gasteiger partial charge in [0.25, 0.3) is 5.56 Å². The molecule has 0 bridgehead atoms. The molecule has 17 heavy (non-hydrogen) atoms. The third-order valence-corrected chi connectivity index (χ3v) is 3.14. The Kier molecular flexibility index (Phi) is 2.81. The maximum atomic E-state index is 11.7. The van der Waals surface area contributed by atoms with Crippen LogP contribution in [0.4, 0.5) is 0 Å². The summed E-state index contributed by atoms with van der Waals surface area (Å²) in [4.78, 5) is 25.7. The highest BCUT2D eigenvalue weighted by atomic mass is 35.5. The quantitative estimate of drug-likeness (QED) is 0.760. The van der Waals surface area contributed by atoms with Gasteiger partial charge in [0.1, 0.15) is 0 Å². The molecule has 5 nitrogen and oxygen atoms in total. The summed E-state index contributed by atoms with van der Waals surface area (Å²) in [6.45, 7) is 0.399. The summed E-state index contributed by atoms with van der Waals surface area (Å²) in [6, 6.07) is 5.46. The highest BCUT2D eigenvalue weighted by molar-refractivity contribution is 5.85. The molecule has 3 rings (SSSR count). The summed E-state index contributed by atoms with van der Waals surface area (Å²) in [5.41, 5.74) is 6.72. The van der Waals surface area contributed by atoms with Gasteiger partial charge in [-0.3, -0.25) is 14.3 Å². The average Bonchev–Trinajstić information content (AvgIpc) is 2.65. The van der Waals surface area contributed by atoms with Crippen LogP contribution in [-0.2, 0) is 6.42 Å². The van der Waals surface area contributed by atoms with E-state index in [0.29, 0.717) is 11.9 Å². The molecule has 1 atom stereocenters. The van der Waals surface area contributed by atoms with Crippen molar-refractivity contribution in [3.8, 4) is 0 Å². The lowest BCUT2D eigenvalue weighted by atomic mass is 10.1. The maximum absolute atomic E-state index is 11.7. The molecular weight excluding hydrogens is 242 g/mol. The normalized spacial score (nSPS) is 17.1. The molecule has 6 heteroatoms. The summed E-state index contributed by atoms with van der Waals surface area (Å²) >= 11 is 0. The molecule has 0 amide bonds. The zero-order chi connectivity index (χ0) is 11.3. The van der Waals surface area contributed by atoms with Crippen LogP contribution in [0.25, 0.3) is 10.9 Å². The maximum Gasteiger partial charge on any atom is 0.329 e. The zero-order valence-corrected chi connectivity index (χ0v) is 9.79. The fourth-order valence-corrected chi connectivity index (χ4v) is 2.43. The molecule has 1 aliphatic heterocycles. The Labute approximate surface area is 103 Å². The number of halogens is 1. The van der Waals surface area contributed by atoms with Crippen LogP contribution in [0.3, 0.4) is 0 Å². The lowest BCUT2D eigenvalue weighted by molar-refractivity contribution is 0.528. The Morgan fingerprint density at radius 1 is 1.41 bits per heavy atom. The summed E-state index contributed by atoms with van der Waals surface area (Å²) < 4.78 is 1.60. The molecule has 0 aliphatic carbocycles. The predicted octanol–water partition coefficient (Wildman–Crippen LogP) is 0.168. The van der Waals surface area contributed by atoms with E-state index in [1.807, 2.05) is 12.1 Å². The first-order chi connectivity index (χ1) is 7.72. The number of H-pyrrole nitrogens is 1. The van der Waals surface area contributed by atoms with E-state index in [4.69, 9.17) is 5.73 Å². The first kappa shape index (κ1) is 11.9. The van der Waals surface area contributed by atoms with Gasteiger partial charge >= 0.3 is 5.69 Å². The number of para-hydroxylation sites is 1. The Morgan fingerprint density at radius 3 is 2.88 bits per heavy atom. The minimum Gasteiger partial charge on any atom is -0.328 e. The van der Waals surface area contributed by atoms with E-state index in [2.05, 4.69) is 4.98 Å². The number of hydrogen-bond acceptors (Lipinski definition) is 3. The molecule has 0 spiro atoms. The summed E-state index contributed by atoms with van der Waals surface area (Å²) in [5.74, 6) is 0. The summed E-state index contributed by atoms with van der Waals surface area (Å²) in [5, 5.41) is 0.563. The zero-order valence-electron chi connectivity index (χ0n) is 8.97. The molecule has 0 saturated heterocycles. The van der Waals surface area contributed by atoms with Gasteiger partial charge < -0.3 is 5.73 Å². The lowest BCUT2D eigenvalue weighted by Crippen LogP contribution is -2.33. The Morgan fingerprint density at radius 2 is 2.18 bits per heavy atom. The Hall–Kier alpha value is -1.59. The van der Waals surface area contributed by atoms with Crippen molar-refractivity contribution in [3.63, 3.8) is 0 Å². The predicted molar refractivity (Wildman–Crippen MR) is 67.9 cm³/mol. The largest absolute Gasteiger partial charge is 0.329 e. The second kappa shape index (κ2) is 4.01. The van der Waals surface area contributed by atoms with Crippen LogP contribution in [-0.4, -0.2) is 16.1 Å². The third-order valence-electron chi connectivity index (χ3n) is 3.14. The first-order valence-electron chi connectivity index (χ1n) is 5.19. The molecule has 1 aliphatic rings. The van der Waals surface area contributed by atoms with Crippen molar-refractivity contribution >= 4 is 23.3 Å². The monoisotopic (exact) mass is 253 g/mol. The number of nitrogens with two attached hydrogens (primary N) is 1. The molecule has 0 saturated carbocycles. The van der Waals surface area contributed by atoms with Crippen molar-refractivity contribution in [2.75, 3.05) is 6.54 Å². The smallest absolute Gasteiger partial charge is 0.328 e. The van der Waals surface area contributed by atoms with Gasteiger partial charge in [-0.25, -0.2) is 4.79 Å². The highest BCUT2D eigenvalue weighted by Gasteiger charge is 2.24. The van der Waals surface area contributed by atoms with Crippen molar-refractivity contribution < 1.29 is 0 Å². The van der Waals surface area contributed by atoms with Crippen molar-refractivity contribution in [1.29, 1.82) is 0 Å². The summed E-state index contributed by atoms with van der Waals surface area (Å²) in [7, 11) is 0. The third kappa shape index (κ3) is 1.50. The summed E-state index contributed by atoms with van der Waals surface area (Å²) in [6.07, 6.45) is 0.723. The molecule has 1 aromatic heterocycles. The van der Waals surface area contributed by atoms with E-state index < -0.39 is 0 Å². The lowest BCUT2D eigenvalue weighted by Gasteiger charge is -2.10. The van der Waals surface area contributed by atoms with E-state index in [1.165, 1.54) is 0 Å². The number of nitrogens with zero attached hydrogens (tertiary/aromatic N) is 1. The van der Waals surface area contributed by atoms with Gasteiger partial charge in [0, 0.05) is 6.54 Å². The van der Waals surface area contributed by atoms with Crippen LogP contribution < -0.4 is 17.0 Å². The van der Waals surface area contributed by atoms with E-state index in [0.717, 1.165) is 17.5 Å². The van der Waals surface area contributed by atoms with Crippen LogP contribution >= 0.6 is 12.4 Å². The standard InChI is InChI=1S/C11H11N3O2.ClH/c12-5-7-4-6-2-1-3-8-9(6)14(7)11(16)13-10(8)15;/h1-3,7H,4-5,12H2,(H,13,15,16);1H. The van der Waals surface area contributed by atoms with Crippen molar-refractivity contribution in [2.45, 2.75) is 12.5 Å². The van der Waals surface area contributed by atoms with Crippen LogP contribution in [0.5, 0.6) is 0 Å². The second-order valence-corrected chi connectivity index (χ2v) is 4.04. The first-order valence-corrected chi connectivity index (χ1v) is 5.19. The number of rotatable bonds is 1. The van der Waals surface area contributed by atoms with Gasteiger partial charge in [0.05, 0.1) is 16.9 Å². The van der Waals surface area contributed by atoms with Crippen LogP contribution in [0.1, 0.15) is 11.6 Å². The SMILES string of the molecule is Cl.NCC1Cc2cccc3c(=O)[nH]c(=O)n1c23. The molecule has 1 unspecified atom stereocenters. The van der Waals surface area contributed by atoms with Crippen LogP contribution in [0.2, 0.25) is 0 Å². The fourth-order valence-electron chi connectivity index (χ4n) is 2.43. The van der Waals surface area contributed by atoms with Gasteiger partial charge in [-0.1, -0.05) is 12.1 Å².